The van der Waals surface area contributed by atoms with Gasteiger partial charge in [-0.2, -0.15) is 0 Å². The van der Waals surface area contributed by atoms with Crippen LogP contribution in [0.5, 0.6) is 0 Å². The fraction of sp³-hybridized carbons (Fsp3) is 0.700. The van der Waals surface area contributed by atoms with Gasteiger partial charge in [-0.3, -0.25) is 4.79 Å². The third-order valence-electron chi connectivity index (χ3n) is 2.30. The summed E-state index contributed by atoms with van der Waals surface area (Å²) >= 11 is 0. The lowest BCUT2D eigenvalue weighted by Gasteiger charge is -2.38. The van der Waals surface area contributed by atoms with Gasteiger partial charge in [0.15, 0.2) is 0 Å². The maximum absolute atomic E-state index is 11.6. The Hall–Kier alpha value is -0.830. The molecule has 0 unspecified atom stereocenters. The molecule has 3 nitrogen and oxygen atoms in total. The zero-order valence-electron chi connectivity index (χ0n) is 8.25. The van der Waals surface area contributed by atoms with Gasteiger partial charge in [0.2, 0.25) is 5.91 Å². The minimum Gasteiger partial charge on any atom is -0.337 e. The Morgan fingerprint density at radius 3 is 2.77 bits per heavy atom. The van der Waals surface area contributed by atoms with Crippen molar-refractivity contribution in [1.82, 2.24) is 10.2 Å². The Bertz CT molecular complexity index is 187. The average molecular weight is 182 g/mol. The topological polar surface area (TPSA) is 32.3 Å². The van der Waals surface area contributed by atoms with Crippen molar-refractivity contribution in [3.05, 3.63) is 12.7 Å². The molecule has 3 heteroatoms. The van der Waals surface area contributed by atoms with E-state index in [0.717, 1.165) is 26.1 Å². The molecule has 1 rings (SSSR count). The first-order valence-electron chi connectivity index (χ1n) is 4.90. The summed E-state index contributed by atoms with van der Waals surface area (Å²) in [6.45, 7) is 8.45. The fourth-order valence-corrected chi connectivity index (χ4v) is 1.49. The first-order chi connectivity index (χ1) is 6.29. The molecule has 1 N–H and O–H groups in total. The van der Waals surface area contributed by atoms with Crippen molar-refractivity contribution in [1.29, 1.82) is 0 Å². The Labute approximate surface area is 79.8 Å². The molecule has 1 fully saturated rings. The second-order valence-corrected chi connectivity index (χ2v) is 3.39. The predicted molar refractivity (Wildman–Crippen MR) is 53.5 cm³/mol. The molecule has 13 heavy (non-hydrogen) atoms. The minimum atomic E-state index is 0.211. The number of hydrogen-bond acceptors (Lipinski definition) is 2. The quantitative estimate of drug-likeness (QED) is 0.637. The lowest BCUT2D eigenvalue weighted by molar-refractivity contribution is -0.133. The lowest BCUT2D eigenvalue weighted by Crippen LogP contribution is -2.58. The Morgan fingerprint density at radius 1 is 1.69 bits per heavy atom. The van der Waals surface area contributed by atoms with Crippen LogP contribution in [0.1, 0.15) is 19.8 Å². The van der Waals surface area contributed by atoms with Gasteiger partial charge in [-0.25, -0.2) is 0 Å². The summed E-state index contributed by atoms with van der Waals surface area (Å²) < 4.78 is 0. The lowest BCUT2D eigenvalue weighted by atomic mass is 10.1. The summed E-state index contributed by atoms with van der Waals surface area (Å²) in [4.78, 5) is 13.6. The van der Waals surface area contributed by atoms with E-state index in [4.69, 9.17) is 0 Å². The largest absolute Gasteiger partial charge is 0.337 e. The first-order valence-corrected chi connectivity index (χ1v) is 4.90. The van der Waals surface area contributed by atoms with E-state index >= 15 is 0 Å². The van der Waals surface area contributed by atoms with Gasteiger partial charge in [0, 0.05) is 26.1 Å². The van der Waals surface area contributed by atoms with Crippen LogP contribution in [0.3, 0.4) is 0 Å². The second kappa shape index (κ2) is 5.02. The zero-order valence-corrected chi connectivity index (χ0v) is 8.25. The number of nitrogens with zero attached hydrogens (tertiary/aromatic N) is 1. The van der Waals surface area contributed by atoms with Crippen LogP contribution in [-0.2, 0) is 4.79 Å². The van der Waals surface area contributed by atoms with E-state index in [2.05, 4.69) is 18.8 Å². The van der Waals surface area contributed by atoms with E-state index in [9.17, 15) is 4.79 Å². The van der Waals surface area contributed by atoms with Crippen LogP contribution < -0.4 is 5.32 Å². The number of rotatable bonds is 5. The normalized spacial score (nSPS) is 16.4. The molecular formula is C10H18N2O. The Morgan fingerprint density at radius 2 is 2.38 bits per heavy atom. The molecule has 1 saturated heterocycles. The number of amides is 1. The van der Waals surface area contributed by atoms with Gasteiger partial charge in [0.05, 0.1) is 6.04 Å². The predicted octanol–water partition coefficient (Wildman–Crippen LogP) is 0.773. The van der Waals surface area contributed by atoms with Crippen molar-refractivity contribution in [2.45, 2.75) is 25.8 Å². The van der Waals surface area contributed by atoms with Crippen LogP contribution in [-0.4, -0.2) is 36.5 Å². The number of carbonyl (C=O) groups is 1. The number of nitrogens with one attached hydrogen (secondary N) is 1. The van der Waals surface area contributed by atoms with Crippen molar-refractivity contribution >= 4 is 5.91 Å². The highest BCUT2D eigenvalue weighted by Crippen LogP contribution is 2.08. The third kappa shape index (κ3) is 2.56. The van der Waals surface area contributed by atoms with E-state index in [1.54, 1.807) is 6.08 Å². The summed E-state index contributed by atoms with van der Waals surface area (Å²) in [5.41, 5.74) is 0. The third-order valence-corrected chi connectivity index (χ3v) is 2.30. The molecule has 0 aromatic carbocycles. The maximum Gasteiger partial charge on any atom is 0.226 e. The molecule has 1 heterocycles. The van der Waals surface area contributed by atoms with Gasteiger partial charge in [-0.05, 0) is 6.42 Å². The molecule has 1 amide bonds. The first kappa shape index (κ1) is 10.3. The van der Waals surface area contributed by atoms with Crippen LogP contribution in [0.25, 0.3) is 0 Å². The molecule has 1 aliphatic rings. The Kier molecular flexibility index (Phi) is 3.96. The van der Waals surface area contributed by atoms with E-state index in [1.165, 1.54) is 0 Å². The molecule has 1 aliphatic heterocycles. The molecule has 0 aromatic rings. The summed E-state index contributed by atoms with van der Waals surface area (Å²) in [6.07, 6.45) is 3.17. The van der Waals surface area contributed by atoms with E-state index < -0.39 is 0 Å². The fourth-order valence-electron chi connectivity index (χ4n) is 1.49. The summed E-state index contributed by atoms with van der Waals surface area (Å²) in [6, 6.07) is 0.424. The van der Waals surface area contributed by atoms with Crippen molar-refractivity contribution < 1.29 is 4.79 Å². The molecule has 0 atom stereocenters. The number of carbonyl (C=O) groups excluding carboxylic acids is 1. The van der Waals surface area contributed by atoms with Gasteiger partial charge in [-0.1, -0.05) is 13.0 Å². The van der Waals surface area contributed by atoms with Crippen LogP contribution >= 0.6 is 0 Å². The van der Waals surface area contributed by atoms with Gasteiger partial charge >= 0.3 is 0 Å². The van der Waals surface area contributed by atoms with Crippen molar-refractivity contribution in [2.75, 3.05) is 19.6 Å². The zero-order chi connectivity index (χ0) is 9.68. The highest BCUT2D eigenvalue weighted by molar-refractivity contribution is 5.78. The molecule has 0 radical (unpaired) electrons. The standard InChI is InChI=1S/C10H18N2O/c1-3-5-10(13)12(6-4-2)9-7-11-8-9/h3,9,11H,1,4-8H2,2H3. The SMILES string of the molecule is C=CCC(=O)N(CCC)C1CNC1. The van der Waals surface area contributed by atoms with E-state index in [0.29, 0.717) is 12.5 Å². The second-order valence-electron chi connectivity index (χ2n) is 3.39. The molecule has 74 valence electrons. The smallest absolute Gasteiger partial charge is 0.226 e. The van der Waals surface area contributed by atoms with Crippen molar-refractivity contribution in [2.24, 2.45) is 0 Å². The van der Waals surface area contributed by atoms with Crippen molar-refractivity contribution in [3.8, 4) is 0 Å². The van der Waals surface area contributed by atoms with Crippen LogP contribution in [0.15, 0.2) is 12.7 Å². The maximum atomic E-state index is 11.6. The van der Waals surface area contributed by atoms with Crippen LogP contribution in [0.2, 0.25) is 0 Å². The molecule has 0 aliphatic carbocycles. The molecule has 0 bridgehead atoms. The molecule has 0 aromatic heterocycles. The number of hydrogen-bond donors (Lipinski definition) is 1. The van der Waals surface area contributed by atoms with Gasteiger partial charge < -0.3 is 10.2 Å². The molecular weight excluding hydrogens is 164 g/mol. The van der Waals surface area contributed by atoms with Gasteiger partial charge in [0.25, 0.3) is 0 Å². The Balaban J connectivity index is 2.44. The highest BCUT2D eigenvalue weighted by Gasteiger charge is 2.26. The summed E-state index contributed by atoms with van der Waals surface area (Å²) in [7, 11) is 0. The summed E-state index contributed by atoms with van der Waals surface area (Å²) in [5.74, 6) is 0.211. The van der Waals surface area contributed by atoms with Crippen LogP contribution in [0, 0.1) is 0 Å². The van der Waals surface area contributed by atoms with E-state index in [-0.39, 0.29) is 5.91 Å². The van der Waals surface area contributed by atoms with Gasteiger partial charge in [0.1, 0.15) is 0 Å². The average Bonchev–Trinajstić information content (AvgIpc) is 2.01. The molecule has 0 spiro atoms. The minimum absolute atomic E-state index is 0.211. The monoisotopic (exact) mass is 182 g/mol. The molecule has 0 saturated carbocycles. The van der Waals surface area contributed by atoms with Crippen molar-refractivity contribution in [3.63, 3.8) is 0 Å². The van der Waals surface area contributed by atoms with Crippen LogP contribution in [0.4, 0.5) is 0 Å². The van der Waals surface area contributed by atoms with E-state index in [1.807, 2.05) is 4.90 Å². The van der Waals surface area contributed by atoms with Gasteiger partial charge in [-0.15, -0.1) is 6.58 Å². The highest BCUT2D eigenvalue weighted by atomic mass is 16.2. The summed E-state index contributed by atoms with van der Waals surface area (Å²) in [5, 5.41) is 3.18.